The van der Waals surface area contributed by atoms with E-state index < -0.39 is 0 Å². The molecule has 9 heavy (non-hydrogen) atoms. The molecule has 4 heteroatoms. The second-order valence-electron chi connectivity index (χ2n) is 1.71. The van der Waals surface area contributed by atoms with E-state index in [1.54, 1.807) is 17.7 Å². The molecule has 0 radical (unpaired) electrons. The van der Waals surface area contributed by atoms with Crippen molar-refractivity contribution < 1.29 is 5.11 Å². The maximum Gasteiger partial charge on any atom is 0.144 e. The monoisotopic (exact) mass is 140 g/mol. The van der Waals surface area contributed by atoms with Crippen LogP contribution in [-0.2, 0) is 0 Å². The lowest BCUT2D eigenvalue weighted by molar-refractivity contribution is 0.431. The van der Waals surface area contributed by atoms with Crippen LogP contribution in [0.1, 0.15) is 0 Å². The zero-order chi connectivity index (χ0) is 7.28. The molecule has 0 aromatic carbocycles. The van der Waals surface area contributed by atoms with E-state index in [0.717, 1.165) is 5.47 Å². The van der Waals surface area contributed by atoms with E-state index in [1.165, 1.54) is 0 Å². The van der Waals surface area contributed by atoms with Crippen LogP contribution in [0.3, 0.4) is 0 Å². The van der Waals surface area contributed by atoms with Crippen LogP contribution in [0.15, 0.2) is 22.6 Å². The fraction of sp³-hybridized carbons (Fsp3) is 0.200. The van der Waals surface area contributed by atoms with Crippen molar-refractivity contribution in [2.24, 2.45) is 0 Å². The molecule has 0 heterocycles. The van der Waals surface area contributed by atoms with Gasteiger partial charge >= 0.3 is 0 Å². The van der Waals surface area contributed by atoms with Crippen molar-refractivity contribution in [3.05, 3.63) is 22.6 Å². The van der Waals surface area contributed by atoms with Gasteiger partial charge in [0.25, 0.3) is 0 Å². The average molecular weight is 140 g/mol. The molecular formula is C5H10B2OS. The smallest absolute Gasteiger partial charge is 0.144 e. The Labute approximate surface area is 62.0 Å². The zero-order valence-corrected chi connectivity index (χ0v) is 6.83. The fourth-order valence-corrected chi connectivity index (χ4v) is 0.939. The molecule has 0 aliphatic rings. The van der Waals surface area contributed by atoms with Crippen molar-refractivity contribution in [1.29, 1.82) is 0 Å². The lowest BCUT2D eigenvalue weighted by atomic mass is 9.93. The summed E-state index contributed by atoms with van der Waals surface area (Å²) in [5.41, 5.74) is 0.921. The van der Waals surface area contributed by atoms with Gasteiger partial charge in [0.1, 0.15) is 15.7 Å². The van der Waals surface area contributed by atoms with Crippen molar-refractivity contribution in [3.63, 3.8) is 0 Å². The van der Waals surface area contributed by atoms with Crippen molar-refractivity contribution in [3.8, 4) is 0 Å². The number of thioether (sulfide) groups is 1. The van der Waals surface area contributed by atoms with Crippen LogP contribution < -0.4 is 0 Å². The Morgan fingerprint density at radius 2 is 2.22 bits per heavy atom. The number of aliphatic hydroxyl groups excluding tert-OH is 1. The van der Waals surface area contributed by atoms with Crippen LogP contribution in [0, 0.1) is 0 Å². The van der Waals surface area contributed by atoms with Gasteiger partial charge in [0, 0.05) is 0 Å². The highest BCUT2D eigenvalue weighted by atomic mass is 32.2. The number of aliphatic hydroxyl groups is 1. The van der Waals surface area contributed by atoms with Crippen molar-refractivity contribution >= 4 is 27.5 Å². The Hall–Kier alpha value is -0.240. The van der Waals surface area contributed by atoms with Gasteiger partial charge in [-0.05, 0) is 17.1 Å². The number of rotatable bonds is 2. The van der Waals surface area contributed by atoms with Crippen LogP contribution in [-0.4, -0.2) is 27.1 Å². The summed E-state index contributed by atoms with van der Waals surface area (Å²) in [5.74, 6) is 2.05. The summed E-state index contributed by atoms with van der Waals surface area (Å²) in [4.78, 5) is 0. The van der Waals surface area contributed by atoms with Crippen molar-refractivity contribution in [2.45, 2.75) is 0 Å². The predicted molar refractivity (Wildman–Crippen MR) is 49.4 cm³/mol. The summed E-state index contributed by atoms with van der Waals surface area (Å²) >= 11 is 1.59. The third-order valence-corrected chi connectivity index (χ3v) is 1.56. The Balaban J connectivity index is 4.03. The van der Waals surface area contributed by atoms with E-state index in [-0.39, 0.29) is 0 Å². The molecule has 0 spiro atoms. The third kappa shape index (κ3) is 3.35. The van der Waals surface area contributed by atoms with Crippen LogP contribution >= 0.6 is 11.8 Å². The predicted octanol–water partition coefficient (Wildman–Crippen LogP) is -0.144. The molecule has 1 nitrogen and oxygen atoms in total. The summed E-state index contributed by atoms with van der Waals surface area (Å²) in [6.45, 7) is 0. The summed E-state index contributed by atoms with van der Waals surface area (Å²) < 4.78 is 0. The first-order valence-electron chi connectivity index (χ1n) is 2.77. The van der Waals surface area contributed by atoms with E-state index in [9.17, 15) is 0 Å². The van der Waals surface area contributed by atoms with Crippen LogP contribution in [0.2, 0.25) is 0 Å². The molecule has 0 rings (SSSR count). The molecule has 0 saturated heterocycles. The minimum Gasteiger partial charge on any atom is -0.510 e. The maximum absolute atomic E-state index is 9.04. The van der Waals surface area contributed by atoms with E-state index in [2.05, 4.69) is 0 Å². The molecule has 0 aromatic rings. The van der Waals surface area contributed by atoms with Crippen LogP contribution in [0.25, 0.3) is 0 Å². The fourth-order valence-electron chi connectivity index (χ4n) is 0.465. The molecule has 0 atom stereocenters. The maximum atomic E-state index is 9.04. The molecule has 0 bridgehead atoms. The topological polar surface area (TPSA) is 20.2 Å². The molecular weight excluding hydrogens is 130 g/mol. The molecule has 1 N–H and O–H groups in total. The van der Waals surface area contributed by atoms with Gasteiger partial charge in [-0.25, -0.2) is 0 Å². The highest BCUT2D eigenvalue weighted by Crippen LogP contribution is 2.05. The van der Waals surface area contributed by atoms with Gasteiger partial charge in [-0.2, -0.15) is 0 Å². The first kappa shape index (κ1) is 8.76. The highest BCUT2D eigenvalue weighted by molar-refractivity contribution is 8.01. The van der Waals surface area contributed by atoms with E-state index in [4.69, 9.17) is 5.11 Å². The molecule has 0 fully saturated rings. The Morgan fingerprint density at radius 1 is 1.67 bits per heavy atom. The van der Waals surface area contributed by atoms with Crippen molar-refractivity contribution in [2.75, 3.05) is 6.26 Å². The summed E-state index contributed by atoms with van der Waals surface area (Å²) in [6, 6.07) is 0. The normalized spacial score (nSPS) is 13.9. The molecule has 48 valence electrons. The molecule has 0 aliphatic heterocycles. The van der Waals surface area contributed by atoms with E-state index >= 15 is 0 Å². The SMILES string of the molecule is B/C=C(O)\C(B)=C\SC. The summed E-state index contributed by atoms with van der Waals surface area (Å²) in [7, 11) is 3.69. The molecule has 0 saturated carbocycles. The number of allylic oxidation sites excluding steroid dienone is 1. The largest absolute Gasteiger partial charge is 0.510 e. The lowest BCUT2D eigenvalue weighted by Gasteiger charge is -1.95. The van der Waals surface area contributed by atoms with Gasteiger partial charge in [0.05, 0.1) is 5.76 Å². The number of hydrogen-bond acceptors (Lipinski definition) is 2. The Morgan fingerprint density at radius 3 is 2.56 bits per heavy atom. The van der Waals surface area contributed by atoms with Gasteiger partial charge in [0.15, 0.2) is 0 Å². The molecule has 0 amide bonds. The third-order valence-electron chi connectivity index (χ3n) is 0.972. The standard InChI is InChI=1S/C5H10B2OS/c1-9-3-4(7)5(8)2-6/h2-3,8H,6-7H2,1H3/b4-3-,5-2+. The molecule has 0 aromatic heterocycles. The van der Waals surface area contributed by atoms with Gasteiger partial charge in [-0.1, -0.05) is 5.98 Å². The minimum atomic E-state index is 0.365. The van der Waals surface area contributed by atoms with Crippen LogP contribution in [0.5, 0.6) is 0 Å². The second kappa shape index (κ2) is 4.62. The highest BCUT2D eigenvalue weighted by Gasteiger charge is 1.90. The Bertz CT molecular complexity index is 142. The molecule has 0 aliphatic carbocycles. The lowest BCUT2D eigenvalue weighted by Crippen LogP contribution is -1.86. The minimum absolute atomic E-state index is 0.365. The Kier molecular flexibility index (Phi) is 4.50. The van der Waals surface area contributed by atoms with Gasteiger partial charge < -0.3 is 5.11 Å². The summed E-state index contributed by atoms with van der Waals surface area (Å²) in [5, 5.41) is 10.9. The van der Waals surface area contributed by atoms with Gasteiger partial charge in [0.2, 0.25) is 0 Å². The first-order valence-corrected chi connectivity index (χ1v) is 4.06. The van der Waals surface area contributed by atoms with Crippen LogP contribution in [0.4, 0.5) is 0 Å². The zero-order valence-electron chi connectivity index (χ0n) is 6.01. The van der Waals surface area contributed by atoms with E-state index in [0.29, 0.717) is 5.76 Å². The van der Waals surface area contributed by atoms with Crippen molar-refractivity contribution in [1.82, 2.24) is 0 Å². The average Bonchev–Trinajstić information content (AvgIpc) is 1.87. The van der Waals surface area contributed by atoms with E-state index in [1.807, 2.05) is 27.4 Å². The second-order valence-corrected chi connectivity index (χ2v) is 2.42. The number of hydrogen-bond donors (Lipinski definition) is 1. The molecule has 0 unspecified atom stereocenters. The van der Waals surface area contributed by atoms with Gasteiger partial charge in [-0.3, -0.25) is 0 Å². The quantitative estimate of drug-likeness (QED) is 0.327. The summed E-state index contributed by atoms with van der Waals surface area (Å²) in [6.07, 6.45) is 1.96. The van der Waals surface area contributed by atoms with Gasteiger partial charge in [-0.15, -0.1) is 11.8 Å². The first-order chi connectivity index (χ1) is 4.22.